The molecule has 0 saturated carbocycles. The topological polar surface area (TPSA) is 86.7 Å². The lowest BCUT2D eigenvalue weighted by molar-refractivity contribution is -0.141. The molecule has 0 aliphatic carbocycles. The Labute approximate surface area is 133 Å². The van der Waals surface area contributed by atoms with Gasteiger partial charge in [0.1, 0.15) is 6.42 Å². The summed E-state index contributed by atoms with van der Waals surface area (Å²) in [7, 11) is 0. The van der Waals surface area contributed by atoms with Crippen molar-refractivity contribution in [3.05, 3.63) is 28.8 Å². The van der Waals surface area contributed by atoms with Crippen LogP contribution < -0.4 is 5.32 Å². The minimum atomic E-state index is -0.908. The lowest BCUT2D eigenvalue weighted by atomic mass is 10.1. The predicted molar refractivity (Wildman–Crippen MR) is 81.8 cm³/mol. The summed E-state index contributed by atoms with van der Waals surface area (Å²) in [5.41, 5.74) is 1.30. The molecule has 1 saturated heterocycles. The number of benzene rings is 1. The van der Waals surface area contributed by atoms with Gasteiger partial charge >= 0.3 is 5.97 Å². The van der Waals surface area contributed by atoms with E-state index in [0.717, 1.165) is 5.56 Å². The van der Waals surface area contributed by atoms with Crippen molar-refractivity contribution in [2.45, 2.75) is 19.8 Å². The van der Waals surface area contributed by atoms with Gasteiger partial charge in [-0.05, 0) is 31.0 Å². The van der Waals surface area contributed by atoms with Crippen LogP contribution in [0.3, 0.4) is 0 Å². The van der Waals surface area contributed by atoms with Gasteiger partial charge in [-0.1, -0.05) is 17.7 Å². The maximum absolute atomic E-state index is 12.0. The fourth-order valence-electron chi connectivity index (χ4n) is 2.37. The normalized spacial score (nSPS) is 17.4. The van der Waals surface area contributed by atoms with Crippen LogP contribution in [0.15, 0.2) is 18.2 Å². The van der Waals surface area contributed by atoms with Crippen LogP contribution in [-0.4, -0.2) is 40.9 Å². The molecule has 6 nitrogen and oxygen atoms in total. The molecular weight excluding hydrogens is 308 g/mol. The van der Waals surface area contributed by atoms with Gasteiger partial charge in [-0.2, -0.15) is 0 Å². The quantitative estimate of drug-likeness (QED) is 0.828. The fourth-order valence-corrected chi connectivity index (χ4v) is 2.55. The Morgan fingerprint density at radius 1 is 1.41 bits per heavy atom. The zero-order valence-electron chi connectivity index (χ0n) is 12.1. The Balaban J connectivity index is 1.91. The molecular formula is C15H17ClN2O4. The summed E-state index contributed by atoms with van der Waals surface area (Å²) in [6.45, 7) is 2.31. The molecule has 1 aliphatic heterocycles. The summed E-state index contributed by atoms with van der Waals surface area (Å²) >= 11 is 5.97. The van der Waals surface area contributed by atoms with Crippen molar-refractivity contribution in [1.82, 2.24) is 4.90 Å². The minimum absolute atomic E-state index is 0.164. The number of hydrogen-bond donors (Lipinski definition) is 2. The molecule has 0 aromatic heterocycles. The third kappa shape index (κ3) is 3.76. The summed E-state index contributed by atoms with van der Waals surface area (Å²) in [6, 6.07) is 5.14. The third-order valence-corrected chi connectivity index (χ3v) is 4.15. The molecule has 1 fully saturated rings. The smallest absolute Gasteiger partial charge is 0.308 e. The van der Waals surface area contributed by atoms with E-state index in [1.165, 1.54) is 4.90 Å². The summed E-state index contributed by atoms with van der Waals surface area (Å²) in [5, 5.41) is 12.1. The molecule has 22 heavy (non-hydrogen) atoms. The lowest BCUT2D eigenvalue weighted by Gasteiger charge is -2.16. The van der Waals surface area contributed by atoms with E-state index in [9.17, 15) is 14.4 Å². The van der Waals surface area contributed by atoms with Gasteiger partial charge in [0.25, 0.3) is 0 Å². The Kier molecular flexibility index (Phi) is 5.03. The molecule has 0 bridgehead atoms. The summed E-state index contributed by atoms with van der Waals surface area (Å²) in [4.78, 5) is 36.2. The maximum atomic E-state index is 12.0. The predicted octanol–water partition coefficient (Wildman–Crippen LogP) is 1.91. The number of nitrogens with zero attached hydrogens (tertiary/aromatic N) is 1. The number of nitrogens with one attached hydrogen (secondary N) is 1. The van der Waals surface area contributed by atoms with Gasteiger partial charge in [0.15, 0.2) is 0 Å². The van der Waals surface area contributed by atoms with Crippen LogP contribution in [0.25, 0.3) is 0 Å². The first-order valence-corrected chi connectivity index (χ1v) is 7.32. The molecule has 118 valence electrons. The largest absolute Gasteiger partial charge is 0.481 e. The minimum Gasteiger partial charge on any atom is -0.481 e. The van der Waals surface area contributed by atoms with Crippen LogP contribution in [0, 0.1) is 12.8 Å². The van der Waals surface area contributed by atoms with Gasteiger partial charge in [0, 0.05) is 23.8 Å². The van der Waals surface area contributed by atoms with Gasteiger partial charge < -0.3 is 15.3 Å². The van der Waals surface area contributed by atoms with Gasteiger partial charge in [-0.15, -0.1) is 0 Å². The lowest BCUT2D eigenvalue weighted by Crippen LogP contribution is -2.32. The molecule has 1 heterocycles. The van der Waals surface area contributed by atoms with E-state index >= 15 is 0 Å². The Morgan fingerprint density at radius 2 is 2.14 bits per heavy atom. The van der Waals surface area contributed by atoms with Crippen molar-refractivity contribution in [3.63, 3.8) is 0 Å². The van der Waals surface area contributed by atoms with Crippen molar-refractivity contribution in [2.24, 2.45) is 5.92 Å². The number of carbonyl (C=O) groups is 3. The second-order valence-corrected chi connectivity index (χ2v) is 5.71. The highest BCUT2D eigenvalue weighted by Crippen LogP contribution is 2.23. The van der Waals surface area contributed by atoms with E-state index in [0.29, 0.717) is 23.7 Å². The molecule has 7 heteroatoms. The number of rotatable bonds is 4. The van der Waals surface area contributed by atoms with Crippen LogP contribution in [0.4, 0.5) is 5.69 Å². The zero-order chi connectivity index (χ0) is 16.3. The number of amides is 2. The van der Waals surface area contributed by atoms with E-state index in [-0.39, 0.29) is 18.9 Å². The molecule has 1 aromatic carbocycles. The molecule has 2 N–H and O–H groups in total. The van der Waals surface area contributed by atoms with Gasteiger partial charge in [-0.25, -0.2) is 0 Å². The van der Waals surface area contributed by atoms with E-state index in [1.807, 2.05) is 0 Å². The number of anilines is 1. The molecule has 0 radical (unpaired) electrons. The fraction of sp³-hybridized carbons (Fsp3) is 0.400. The van der Waals surface area contributed by atoms with Crippen LogP contribution in [-0.2, 0) is 14.4 Å². The SMILES string of the molecule is Cc1c(Cl)cccc1NC(=O)CC(=O)N1CCC(C(=O)O)C1. The van der Waals surface area contributed by atoms with E-state index < -0.39 is 17.8 Å². The summed E-state index contributed by atoms with van der Waals surface area (Å²) in [5.74, 6) is -2.24. The van der Waals surface area contributed by atoms with E-state index in [1.54, 1.807) is 25.1 Å². The summed E-state index contributed by atoms with van der Waals surface area (Å²) < 4.78 is 0. The van der Waals surface area contributed by atoms with Gasteiger partial charge in [-0.3, -0.25) is 14.4 Å². The standard InChI is InChI=1S/C15H17ClN2O4/c1-9-11(16)3-2-4-12(9)17-13(19)7-14(20)18-6-5-10(8-18)15(21)22/h2-4,10H,5-8H2,1H3,(H,17,19)(H,21,22). The second-order valence-electron chi connectivity index (χ2n) is 5.30. The number of halogens is 1. The average Bonchev–Trinajstić information content (AvgIpc) is 2.94. The first kappa shape index (κ1) is 16.3. The Morgan fingerprint density at radius 3 is 2.77 bits per heavy atom. The molecule has 1 unspecified atom stereocenters. The van der Waals surface area contributed by atoms with Gasteiger partial charge in [0.05, 0.1) is 5.92 Å². The Bertz CT molecular complexity index is 618. The second kappa shape index (κ2) is 6.79. The van der Waals surface area contributed by atoms with E-state index in [2.05, 4.69) is 5.32 Å². The van der Waals surface area contributed by atoms with Crippen molar-refractivity contribution in [1.29, 1.82) is 0 Å². The van der Waals surface area contributed by atoms with Crippen molar-refractivity contribution in [2.75, 3.05) is 18.4 Å². The van der Waals surface area contributed by atoms with Gasteiger partial charge in [0.2, 0.25) is 11.8 Å². The first-order chi connectivity index (χ1) is 10.4. The number of carbonyl (C=O) groups excluding carboxylic acids is 2. The number of likely N-dealkylation sites (tertiary alicyclic amines) is 1. The summed E-state index contributed by atoms with van der Waals surface area (Å²) in [6.07, 6.45) is 0.119. The number of carboxylic acids is 1. The van der Waals surface area contributed by atoms with E-state index in [4.69, 9.17) is 16.7 Å². The third-order valence-electron chi connectivity index (χ3n) is 3.74. The first-order valence-electron chi connectivity index (χ1n) is 6.94. The number of carboxylic acid groups (broad SMARTS) is 1. The molecule has 1 aliphatic rings. The van der Waals surface area contributed by atoms with Crippen molar-refractivity contribution >= 4 is 35.1 Å². The molecule has 1 atom stereocenters. The molecule has 2 rings (SSSR count). The highest BCUT2D eigenvalue weighted by atomic mass is 35.5. The Hall–Kier alpha value is -2.08. The van der Waals surface area contributed by atoms with Crippen molar-refractivity contribution in [3.8, 4) is 0 Å². The number of hydrogen-bond acceptors (Lipinski definition) is 3. The average molecular weight is 325 g/mol. The van der Waals surface area contributed by atoms with Crippen molar-refractivity contribution < 1.29 is 19.5 Å². The zero-order valence-corrected chi connectivity index (χ0v) is 12.9. The highest BCUT2D eigenvalue weighted by Gasteiger charge is 2.31. The van der Waals surface area contributed by atoms with Crippen LogP contribution in [0.1, 0.15) is 18.4 Å². The van der Waals surface area contributed by atoms with Crippen LogP contribution in [0.2, 0.25) is 5.02 Å². The molecule has 1 aromatic rings. The number of aliphatic carboxylic acids is 1. The maximum Gasteiger partial charge on any atom is 0.308 e. The molecule has 0 spiro atoms. The monoisotopic (exact) mass is 324 g/mol. The highest BCUT2D eigenvalue weighted by molar-refractivity contribution is 6.31. The van der Waals surface area contributed by atoms with Crippen LogP contribution >= 0.6 is 11.6 Å². The van der Waals surface area contributed by atoms with Crippen LogP contribution in [0.5, 0.6) is 0 Å². The molecule has 2 amide bonds.